The molecule has 0 saturated heterocycles. The van der Waals surface area contributed by atoms with Gasteiger partial charge < -0.3 is 31.7 Å². The number of carbonyl (C=O) groups is 3. The molecule has 9 heteroatoms. The Labute approximate surface area is 143 Å². The molecule has 0 amide bonds. The average molecular weight is 348 g/mol. The van der Waals surface area contributed by atoms with Gasteiger partial charge in [-0.1, -0.05) is 18.2 Å². The summed E-state index contributed by atoms with van der Waals surface area (Å²) in [7, 11) is 0. The topological polar surface area (TPSA) is 164 Å². The Hall–Kier alpha value is -2.75. The van der Waals surface area contributed by atoms with Gasteiger partial charge >= 0.3 is 17.9 Å². The fraction of sp³-hybridized carbons (Fsp3) is 0.312. The molecule has 2 atom stereocenters. The van der Waals surface area contributed by atoms with Crippen LogP contribution in [0.3, 0.4) is 0 Å². The van der Waals surface area contributed by atoms with Crippen molar-refractivity contribution in [2.45, 2.75) is 18.5 Å². The summed E-state index contributed by atoms with van der Waals surface area (Å²) in [6.45, 7) is -0.768. The van der Waals surface area contributed by atoms with Crippen LogP contribution in [0.2, 0.25) is 0 Å². The first-order chi connectivity index (χ1) is 11.9. The zero-order valence-corrected chi connectivity index (χ0v) is 13.4. The van der Waals surface area contributed by atoms with Crippen LogP contribution in [0.25, 0.3) is 10.9 Å². The summed E-state index contributed by atoms with van der Waals surface area (Å²) in [6.07, 6.45) is 1.94. The lowest BCUT2D eigenvalue weighted by molar-refractivity contribution is -0.162. The van der Waals surface area contributed by atoms with Crippen molar-refractivity contribution >= 4 is 28.8 Å². The Morgan fingerprint density at radius 2 is 1.76 bits per heavy atom. The number of fused-ring (bicyclic) bond motifs is 1. The number of aromatic nitrogens is 1. The maximum atomic E-state index is 12.0. The third-order valence-electron chi connectivity index (χ3n) is 3.51. The summed E-state index contributed by atoms with van der Waals surface area (Å²) in [4.78, 5) is 37.7. The van der Waals surface area contributed by atoms with Gasteiger partial charge in [-0.15, -0.1) is 0 Å². The minimum atomic E-state index is -1.29. The highest BCUT2D eigenvalue weighted by Gasteiger charge is 2.25. The molecule has 9 nitrogen and oxygen atoms in total. The lowest BCUT2D eigenvalue weighted by Crippen LogP contribution is -2.43. The van der Waals surface area contributed by atoms with Crippen LogP contribution in [0, 0.1) is 0 Å². The Bertz CT molecular complexity index is 773. The number of nitrogens with two attached hydrogens (primary N) is 3. The van der Waals surface area contributed by atoms with Gasteiger partial charge in [-0.3, -0.25) is 4.79 Å². The predicted octanol–water partition coefficient (Wildman–Crippen LogP) is -1.06. The second kappa shape index (κ2) is 8.38. The summed E-state index contributed by atoms with van der Waals surface area (Å²) in [6, 6.07) is 5.21. The van der Waals surface area contributed by atoms with Gasteiger partial charge in [-0.25, -0.2) is 9.59 Å². The number of esters is 3. The van der Waals surface area contributed by atoms with Gasteiger partial charge in [0, 0.05) is 23.5 Å². The molecule has 0 aliphatic carbocycles. The van der Waals surface area contributed by atoms with Gasteiger partial charge in [0.1, 0.15) is 18.7 Å². The van der Waals surface area contributed by atoms with Crippen molar-refractivity contribution < 1.29 is 23.9 Å². The lowest BCUT2D eigenvalue weighted by Gasteiger charge is -2.13. The number of rotatable bonds is 7. The fourth-order valence-electron chi connectivity index (χ4n) is 2.18. The average Bonchev–Trinajstić information content (AvgIpc) is 3.02. The largest absolute Gasteiger partial charge is 0.462 e. The first-order valence-electron chi connectivity index (χ1n) is 7.59. The van der Waals surface area contributed by atoms with Gasteiger partial charge in [0.05, 0.1) is 6.54 Å². The summed E-state index contributed by atoms with van der Waals surface area (Å²) in [5.41, 5.74) is 18.1. The maximum Gasteiger partial charge on any atom is 0.334 e. The maximum absolute atomic E-state index is 12.0. The molecule has 0 aliphatic heterocycles. The van der Waals surface area contributed by atoms with E-state index in [-0.39, 0.29) is 13.0 Å². The molecule has 0 fully saturated rings. The second-order valence-corrected chi connectivity index (χ2v) is 5.40. The zero-order chi connectivity index (χ0) is 18.4. The van der Waals surface area contributed by atoms with Crippen LogP contribution in [0.1, 0.15) is 5.56 Å². The van der Waals surface area contributed by atoms with Crippen LogP contribution in [-0.4, -0.2) is 48.1 Å². The van der Waals surface area contributed by atoms with Crippen molar-refractivity contribution in [1.29, 1.82) is 0 Å². The quantitative estimate of drug-likeness (QED) is 0.363. The molecule has 0 saturated carbocycles. The predicted molar refractivity (Wildman–Crippen MR) is 89.1 cm³/mol. The van der Waals surface area contributed by atoms with Crippen LogP contribution in [0.4, 0.5) is 0 Å². The van der Waals surface area contributed by atoms with E-state index in [9.17, 15) is 14.4 Å². The van der Waals surface area contributed by atoms with E-state index in [4.69, 9.17) is 17.2 Å². The first-order valence-corrected chi connectivity index (χ1v) is 7.59. The van der Waals surface area contributed by atoms with Gasteiger partial charge in [-0.2, -0.15) is 0 Å². The first kappa shape index (κ1) is 18.6. The fourth-order valence-corrected chi connectivity index (χ4v) is 2.18. The van der Waals surface area contributed by atoms with Crippen molar-refractivity contribution in [3.05, 3.63) is 36.0 Å². The van der Waals surface area contributed by atoms with Gasteiger partial charge in [-0.05, 0) is 11.6 Å². The molecule has 0 bridgehead atoms. The molecule has 1 aromatic carbocycles. The molecule has 0 unspecified atom stereocenters. The van der Waals surface area contributed by atoms with E-state index in [1.54, 1.807) is 6.20 Å². The number of hydrogen-bond donors (Lipinski definition) is 4. The third-order valence-corrected chi connectivity index (χ3v) is 3.51. The highest BCUT2D eigenvalue weighted by molar-refractivity contribution is 5.91. The highest BCUT2D eigenvalue weighted by atomic mass is 16.6. The Morgan fingerprint density at radius 3 is 2.48 bits per heavy atom. The van der Waals surface area contributed by atoms with Crippen LogP contribution in [-0.2, 0) is 30.3 Å². The molecule has 25 heavy (non-hydrogen) atoms. The minimum absolute atomic E-state index is 0.188. The van der Waals surface area contributed by atoms with E-state index in [0.29, 0.717) is 0 Å². The normalized spacial score (nSPS) is 13.2. The SMILES string of the molecule is NCC(=O)OC[C@H](N)C(=O)OC(=O)[C@@H](N)Cc1c[nH]c2ccccc12. The van der Waals surface area contributed by atoms with E-state index in [1.807, 2.05) is 24.3 Å². The molecule has 0 spiro atoms. The highest BCUT2D eigenvalue weighted by Crippen LogP contribution is 2.18. The van der Waals surface area contributed by atoms with E-state index >= 15 is 0 Å². The van der Waals surface area contributed by atoms with Crippen molar-refractivity contribution in [3.8, 4) is 0 Å². The van der Waals surface area contributed by atoms with Crippen LogP contribution < -0.4 is 17.2 Å². The Kier molecular flexibility index (Phi) is 6.23. The Morgan fingerprint density at radius 1 is 1.08 bits per heavy atom. The molecule has 7 N–H and O–H groups in total. The van der Waals surface area contributed by atoms with Crippen LogP contribution in [0.15, 0.2) is 30.5 Å². The molecule has 1 heterocycles. The molecule has 1 aromatic heterocycles. The molecular formula is C16H20N4O5. The number of carbonyl (C=O) groups excluding carboxylic acids is 3. The van der Waals surface area contributed by atoms with Crippen molar-refractivity contribution in [1.82, 2.24) is 4.98 Å². The molecule has 0 aliphatic rings. The van der Waals surface area contributed by atoms with Crippen molar-refractivity contribution in [2.24, 2.45) is 17.2 Å². The van der Waals surface area contributed by atoms with E-state index in [0.717, 1.165) is 16.5 Å². The number of benzene rings is 1. The zero-order valence-electron chi connectivity index (χ0n) is 13.4. The number of nitrogens with one attached hydrogen (secondary N) is 1. The molecule has 0 radical (unpaired) electrons. The minimum Gasteiger partial charge on any atom is -0.462 e. The molecule has 2 aromatic rings. The molecule has 134 valence electrons. The monoisotopic (exact) mass is 348 g/mol. The van der Waals surface area contributed by atoms with Gasteiger partial charge in [0.2, 0.25) is 0 Å². The summed E-state index contributed by atoms with van der Waals surface area (Å²) in [5, 5.41) is 0.933. The van der Waals surface area contributed by atoms with Crippen molar-refractivity contribution in [2.75, 3.05) is 13.2 Å². The number of H-pyrrole nitrogens is 1. The summed E-state index contributed by atoms with van der Waals surface area (Å²) in [5.74, 6) is -2.65. The third kappa shape index (κ3) is 4.86. The second-order valence-electron chi connectivity index (χ2n) is 5.40. The summed E-state index contributed by atoms with van der Waals surface area (Å²) >= 11 is 0. The smallest absolute Gasteiger partial charge is 0.334 e. The molecular weight excluding hydrogens is 328 g/mol. The number of aromatic amines is 1. The van der Waals surface area contributed by atoms with Gasteiger partial charge in [0.15, 0.2) is 0 Å². The van der Waals surface area contributed by atoms with Crippen molar-refractivity contribution in [3.63, 3.8) is 0 Å². The van der Waals surface area contributed by atoms with E-state index < -0.39 is 36.6 Å². The van der Waals surface area contributed by atoms with Crippen LogP contribution in [0.5, 0.6) is 0 Å². The van der Waals surface area contributed by atoms with Crippen LogP contribution >= 0.6 is 0 Å². The Balaban J connectivity index is 1.89. The number of para-hydroxylation sites is 1. The molecule has 2 rings (SSSR count). The number of ether oxygens (including phenoxy) is 2. The summed E-state index contributed by atoms with van der Waals surface area (Å²) < 4.78 is 9.25. The lowest BCUT2D eigenvalue weighted by atomic mass is 10.1. The van der Waals surface area contributed by atoms with E-state index in [2.05, 4.69) is 14.5 Å². The van der Waals surface area contributed by atoms with E-state index in [1.165, 1.54) is 0 Å². The standard InChI is InChI=1S/C16H20N4O5/c17-6-14(21)24-8-12(19)16(23)25-15(22)11(18)5-9-7-20-13-4-2-1-3-10(9)13/h1-4,7,11-12,20H,5-6,8,17-19H2/t11-,12-/m0/s1. The number of hydrogen-bond acceptors (Lipinski definition) is 8. The van der Waals surface area contributed by atoms with Gasteiger partial charge in [0.25, 0.3) is 0 Å².